The third-order valence-electron chi connectivity index (χ3n) is 4.42. The van der Waals surface area contributed by atoms with Crippen molar-refractivity contribution in [3.8, 4) is 23.4 Å². The van der Waals surface area contributed by atoms with Crippen molar-refractivity contribution in [1.29, 1.82) is 0 Å². The minimum atomic E-state index is -0.140. The Morgan fingerprint density at radius 1 is 1.00 bits per heavy atom. The number of benzene rings is 2. The number of fused-ring (bicyclic) bond motifs is 1. The number of hydrogen-bond donors (Lipinski definition) is 1. The van der Waals surface area contributed by atoms with Gasteiger partial charge in [-0.3, -0.25) is 4.98 Å². The molecule has 0 fully saturated rings. The first-order valence-electron chi connectivity index (χ1n) is 8.71. The lowest BCUT2D eigenvalue weighted by molar-refractivity contribution is 0.410. The largest absolute Gasteiger partial charge is 0.497 e. The van der Waals surface area contributed by atoms with Crippen LogP contribution in [0.3, 0.4) is 0 Å². The average Bonchev–Trinajstić information content (AvgIpc) is 2.75. The molecule has 4 aromatic rings. The minimum Gasteiger partial charge on any atom is -0.497 e. The van der Waals surface area contributed by atoms with E-state index in [1.54, 1.807) is 25.6 Å². The second-order valence-electron chi connectivity index (χ2n) is 6.20. The lowest BCUT2D eigenvalue weighted by atomic mass is 10.2. The van der Waals surface area contributed by atoms with Crippen molar-refractivity contribution in [2.24, 2.45) is 0 Å². The summed E-state index contributed by atoms with van der Waals surface area (Å²) in [6, 6.07) is 15.4. The molecule has 0 aliphatic carbocycles. The molecule has 7 nitrogen and oxygen atoms in total. The summed E-state index contributed by atoms with van der Waals surface area (Å²) in [4.78, 5) is 14.4. The quantitative estimate of drug-likeness (QED) is 0.391. The van der Waals surface area contributed by atoms with Gasteiger partial charge in [0.05, 0.1) is 27.8 Å². The molecule has 0 bridgehead atoms. The van der Waals surface area contributed by atoms with Crippen molar-refractivity contribution in [2.45, 2.75) is 0 Å². The zero-order valence-electron chi connectivity index (χ0n) is 15.7. The summed E-state index contributed by atoms with van der Waals surface area (Å²) in [5, 5.41) is 10.6. The summed E-state index contributed by atoms with van der Waals surface area (Å²) in [6.07, 6.45) is 3.13. The van der Waals surface area contributed by atoms with Gasteiger partial charge < -0.3 is 19.5 Å². The van der Waals surface area contributed by atoms with Crippen molar-refractivity contribution in [3.63, 3.8) is 0 Å². The van der Waals surface area contributed by atoms with Gasteiger partial charge in [-0.25, -0.2) is 0 Å². The van der Waals surface area contributed by atoms with E-state index in [0.717, 1.165) is 20.7 Å². The first-order valence-corrected chi connectivity index (χ1v) is 9.79. The van der Waals surface area contributed by atoms with Crippen LogP contribution in [-0.4, -0.2) is 34.2 Å². The van der Waals surface area contributed by atoms with Crippen LogP contribution in [0.15, 0.2) is 60.9 Å². The normalized spacial score (nSPS) is 10.7. The number of pyridine rings is 1. The van der Waals surface area contributed by atoms with Gasteiger partial charge in [-0.2, -0.15) is 9.97 Å². The van der Waals surface area contributed by atoms with Crippen LogP contribution in [0.4, 0.5) is 11.4 Å². The predicted octanol–water partition coefficient (Wildman–Crippen LogP) is 4.90. The SMILES string of the molecule is COc1ccc(N(C)c2ccc(Oc3nc(O)c4ccncc4n3)c(I)c2)cc1. The Morgan fingerprint density at radius 2 is 1.76 bits per heavy atom. The molecule has 8 heteroatoms. The maximum absolute atomic E-state index is 10.1. The molecule has 0 radical (unpaired) electrons. The molecular weight excluding hydrogens is 483 g/mol. The van der Waals surface area contributed by atoms with E-state index >= 15 is 0 Å². The first-order chi connectivity index (χ1) is 14.0. The number of aromatic nitrogens is 3. The van der Waals surface area contributed by atoms with Crippen LogP contribution in [0.5, 0.6) is 23.4 Å². The van der Waals surface area contributed by atoms with Gasteiger partial charge in [0.1, 0.15) is 11.5 Å². The highest BCUT2D eigenvalue weighted by atomic mass is 127. The van der Waals surface area contributed by atoms with E-state index in [0.29, 0.717) is 16.7 Å². The van der Waals surface area contributed by atoms with Crippen LogP contribution >= 0.6 is 22.6 Å². The van der Waals surface area contributed by atoms with E-state index in [1.807, 2.05) is 49.5 Å². The predicted molar refractivity (Wildman–Crippen MR) is 119 cm³/mol. The highest BCUT2D eigenvalue weighted by Gasteiger charge is 2.12. The number of hydrogen-bond acceptors (Lipinski definition) is 7. The summed E-state index contributed by atoms with van der Waals surface area (Å²) in [6.45, 7) is 0. The van der Waals surface area contributed by atoms with E-state index in [2.05, 4.69) is 42.4 Å². The molecule has 0 atom stereocenters. The van der Waals surface area contributed by atoms with E-state index in [4.69, 9.17) is 9.47 Å². The summed E-state index contributed by atoms with van der Waals surface area (Å²) < 4.78 is 11.9. The molecule has 146 valence electrons. The zero-order valence-corrected chi connectivity index (χ0v) is 17.9. The summed E-state index contributed by atoms with van der Waals surface area (Å²) in [5.41, 5.74) is 2.55. The smallest absolute Gasteiger partial charge is 0.325 e. The van der Waals surface area contributed by atoms with Crippen LogP contribution in [0.25, 0.3) is 10.9 Å². The van der Waals surface area contributed by atoms with Crippen LogP contribution in [0, 0.1) is 3.57 Å². The van der Waals surface area contributed by atoms with Gasteiger partial charge in [0.25, 0.3) is 0 Å². The Kier molecular flexibility index (Phi) is 5.34. The maximum Gasteiger partial charge on any atom is 0.325 e. The summed E-state index contributed by atoms with van der Waals surface area (Å²) in [7, 11) is 3.64. The topological polar surface area (TPSA) is 80.6 Å². The molecule has 0 aliphatic heterocycles. The lowest BCUT2D eigenvalue weighted by Crippen LogP contribution is -2.09. The van der Waals surface area contributed by atoms with Gasteiger partial charge in [-0.05, 0) is 71.1 Å². The van der Waals surface area contributed by atoms with Gasteiger partial charge in [0.2, 0.25) is 5.88 Å². The van der Waals surface area contributed by atoms with E-state index in [9.17, 15) is 5.11 Å². The molecule has 0 amide bonds. The Balaban J connectivity index is 1.58. The number of aromatic hydroxyl groups is 1. The number of halogens is 1. The molecule has 2 heterocycles. The molecule has 0 spiro atoms. The lowest BCUT2D eigenvalue weighted by Gasteiger charge is -2.20. The Hall–Kier alpha value is -3.14. The van der Waals surface area contributed by atoms with Gasteiger partial charge in [-0.1, -0.05) is 0 Å². The van der Waals surface area contributed by atoms with Crippen LogP contribution in [0.1, 0.15) is 0 Å². The number of nitrogens with zero attached hydrogens (tertiary/aromatic N) is 4. The van der Waals surface area contributed by atoms with Crippen LogP contribution in [-0.2, 0) is 0 Å². The Morgan fingerprint density at radius 3 is 2.48 bits per heavy atom. The van der Waals surface area contributed by atoms with Crippen molar-refractivity contribution in [1.82, 2.24) is 15.0 Å². The van der Waals surface area contributed by atoms with Crippen LogP contribution < -0.4 is 14.4 Å². The number of rotatable bonds is 5. The molecule has 1 N–H and O–H groups in total. The fourth-order valence-electron chi connectivity index (χ4n) is 2.82. The van der Waals surface area contributed by atoms with Gasteiger partial charge in [0.15, 0.2) is 0 Å². The maximum atomic E-state index is 10.1. The molecule has 2 aromatic heterocycles. The number of methoxy groups -OCH3 is 1. The molecule has 4 rings (SSSR count). The van der Waals surface area contributed by atoms with Crippen molar-refractivity contribution in [3.05, 3.63) is 64.5 Å². The molecule has 2 aromatic carbocycles. The van der Waals surface area contributed by atoms with Gasteiger partial charge >= 0.3 is 6.01 Å². The Labute approximate surface area is 181 Å². The molecule has 0 saturated carbocycles. The monoisotopic (exact) mass is 500 g/mol. The third kappa shape index (κ3) is 4.02. The fourth-order valence-corrected chi connectivity index (χ4v) is 3.43. The van der Waals surface area contributed by atoms with E-state index < -0.39 is 0 Å². The Bertz CT molecular complexity index is 1170. The third-order valence-corrected chi connectivity index (χ3v) is 5.27. The minimum absolute atomic E-state index is 0.0668. The first kappa shape index (κ1) is 19.2. The standard InChI is InChI=1S/C21H17IN4O3/c1-26(13-3-6-15(28-2)7-4-13)14-5-8-19(17(22)11-14)29-21-24-18-12-23-10-9-16(18)20(27)25-21/h3-12H,1-2H3,(H,24,25,27). The van der Waals surface area contributed by atoms with Crippen molar-refractivity contribution < 1.29 is 14.6 Å². The number of ether oxygens (including phenoxy) is 2. The van der Waals surface area contributed by atoms with Crippen LogP contribution in [0.2, 0.25) is 0 Å². The van der Waals surface area contributed by atoms with E-state index in [1.165, 1.54) is 0 Å². The summed E-state index contributed by atoms with van der Waals surface area (Å²) in [5.74, 6) is 1.27. The van der Waals surface area contributed by atoms with Crippen molar-refractivity contribution in [2.75, 3.05) is 19.1 Å². The van der Waals surface area contributed by atoms with Gasteiger partial charge in [0, 0.05) is 24.6 Å². The second-order valence-corrected chi connectivity index (χ2v) is 7.36. The highest BCUT2D eigenvalue weighted by molar-refractivity contribution is 14.1. The molecule has 0 aliphatic rings. The molecular formula is C21H17IN4O3. The number of anilines is 2. The second kappa shape index (κ2) is 8.08. The van der Waals surface area contributed by atoms with E-state index in [-0.39, 0.29) is 11.9 Å². The average molecular weight is 500 g/mol. The van der Waals surface area contributed by atoms with Gasteiger partial charge in [-0.15, -0.1) is 0 Å². The molecule has 29 heavy (non-hydrogen) atoms. The zero-order chi connectivity index (χ0) is 20.4. The highest BCUT2D eigenvalue weighted by Crippen LogP contribution is 2.33. The summed E-state index contributed by atoms with van der Waals surface area (Å²) >= 11 is 2.20. The molecule has 0 unspecified atom stereocenters. The fraction of sp³-hybridized carbons (Fsp3) is 0.0952. The van der Waals surface area contributed by atoms with Crippen molar-refractivity contribution >= 4 is 44.9 Å². The molecule has 0 saturated heterocycles.